The lowest BCUT2D eigenvalue weighted by Gasteiger charge is -2.06. The van der Waals surface area contributed by atoms with Crippen molar-refractivity contribution in [2.24, 2.45) is 5.73 Å². The highest BCUT2D eigenvalue weighted by Crippen LogP contribution is 2.31. The number of hydrogen-bond donors (Lipinski definition) is 2. The lowest BCUT2D eigenvalue weighted by Crippen LogP contribution is -2.05. The third-order valence-corrected chi connectivity index (χ3v) is 1.91. The van der Waals surface area contributed by atoms with E-state index >= 15 is 0 Å². The van der Waals surface area contributed by atoms with Crippen LogP contribution >= 0.6 is 0 Å². The number of carbonyl (C=O) groups is 2. The molecule has 0 radical (unpaired) electrons. The first-order valence-electron chi connectivity index (χ1n) is 4.42. The molecule has 0 heterocycles. The van der Waals surface area contributed by atoms with Gasteiger partial charge in [0.15, 0.2) is 11.5 Å². The molecule has 5 heteroatoms. The van der Waals surface area contributed by atoms with Crippen LogP contribution in [-0.4, -0.2) is 24.4 Å². The summed E-state index contributed by atoms with van der Waals surface area (Å²) < 4.78 is 4.88. The molecule has 1 amide bonds. The molecule has 0 bridgehead atoms. The molecule has 0 unspecified atom stereocenters. The topological polar surface area (TPSA) is 89.6 Å². The number of methoxy groups -OCH3 is 1. The Morgan fingerprint density at radius 3 is 2.69 bits per heavy atom. The van der Waals surface area contributed by atoms with E-state index in [1.165, 1.54) is 25.3 Å². The Morgan fingerprint density at radius 1 is 1.50 bits per heavy atom. The van der Waals surface area contributed by atoms with E-state index in [2.05, 4.69) is 0 Å². The molecule has 0 aliphatic rings. The lowest BCUT2D eigenvalue weighted by molar-refractivity contribution is -0.113. The maximum Gasteiger partial charge on any atom is 0.241 e. The molecule has 1 rings (SSSR count). The van der Waals surface area contributed by atoms with E-state index in [0.29, 0.717) is 17.4 Å². The van der Waals surface area contributed by atoms with Gasteiger partial charge in [-0.25, -0.2) is 0 Å². The van der Waals surface area contributed by atoms with E-state index in [4.69, 9.17) is 10.5 Å². The van der Waals surface area contributed by atoms with Gasteiger partial charge in [0.05, 0.1) is 7.11 Å². The molecule has 84 valence electrons. The van der Waals surface area contributed by atoms with Crippen molar-refractivity contribution in [1.29, 1.82) is 0 Å². The van der Waals surface area contributed by atoms with Crippen molar-refractivity contribution in [2.45, 2.75) is 0 Å². The summed E-state index contributed by atoms with van der Waals surface area (Å²) in [5, 5.41) is 9.68. The number of phenolic OH excluding ortho intramolecular Hbond substituents is 1. The van der Waals surface area contributed by atoms with Gasteiger partial charge < -0.3 is 15.6 Å². The molecule has 0 aliphatic heterocycles. The van der Waals surface area contributed by atoms with E-state index in [-0.39, 0.29) is 11.5 Å². The standard InChI is InChI=1S/C11H11NO4/c1-16-9-5-7(6-13)4-8(11(9)15)2-3-10(12)14/h2-6,15H,1H3,(H2,12,14). The minimum atomic E-state index is -0.644. The molecule has 16 heavy (non-hydrogen) atoms. The molecule has 3 N–H and O–H groups in total. The number of amides is 1. The molecule has 0 spiro atoms. The molecule has 0 saturated heterocycles. The Kier molecular flexibility index (Phi) is 3.66. The van der Waals surface area contributed by atoms with Gasteiger partial charge >= 0.3 is 0 Å². The second kappa shape index (κ2) is 4.97. The Labute approximate surface area is 92.1 Å². The number of phenols is 1. The number of hydrogen-bond acceptors (Lipinski definition) is 4. The minimum absolute atomic E-state index is 0.148. The fourth-order valence-corrected chi connectivity index (χ4v) is 1.17. The normalized spacial score (nSPS) is 10.3. The van der Waals surface area contributed by atoms with Crippen LogP contribution in [-0.2, 0) is 4.79 Å². The van der Waals surface area contributed by atoms with Crippen LogP contribution in [0.25, 0.3) is 6.08 Å². The molecule has 0 saturated carbocycles. The third-order valence-electron chi connectivity index (χ3n) is 1.91. The van der Waals surface area contributed by atoms with Crippen molar-refractivity contribution in [3.63, 3.8) is 0 Å². The van der Waals surface area contributed by atoms with Gasteiger partial charge in [-0.2, -0.15) is 0 Å². The average molecular weight is 221 g/mol. The number of primary amides is 1. The van der Waals surface area contributed by atoms with Crippen molar-refractivity contribution in [1.82, 2.24) is 0 Å². The quantitative estimate of drug-likeness (QED) is 0.578. The zero-order valence-corrected chi connectivity index (χ0v) is 8.64. The summed E-state index contributed by atoms with van der Waals surface area (Å²) in [7, 11) is 1.37. The number of rotatable bonds is 4. The monoisotopic (exact) mass is 221 g/mol. The van der Waals surface area contributed by atoms with Gasteiger partial charge in [0.25, 0.3) is 0 Å². The summed E-state index contributed by atoms with van der Waals surface area (Å²) in [5.41, 5.74) is 5.55. The summed E-state index contributed by atoms with van der Waals surface area (Å²) in [5.74, 6) is -0.630. The molecule has 1 aromatic carbocycles. The molecular formula is C11H11NO4. The lowest BCUT2D eigenvalue weighted by atomic mass is 10.1. The predicted octanol–water partition coefficient (Wildman–Crippen LogP) is 0.712. The zero-order chi connectivity index (χ0) is 12.1. The zero-order valence-electron chi connectivity index (χ0n) is 8.64. The first kappa shape index (κ1) is 11.8. The molecule has 5 nitrogen and oxygen atoms in total. The van der Waals surface area contributed by atoms with Crippen LogP contribution in [0.5, 0.6) is 11.5 Å². The van der Waals surface area contributed by atoms with Crippen LogP contribution in [0.1, 0.15) is 15.9 Å². The van der Waals surface area contributed by atoms with Crippen LogP contribution < -0.4 is 10.5 Å². The van der Waals surface area contributed by atoms with Gasteiger partial charge in [0.1, 0.15) is 6.29 Å². The maximum atomic E-state index is 10.6. The minimum Gasteiger partial charge on any atom is -0.504 e. The van der Waals surface area contributed by atoms with Crippen molar-refractivity contribution < 1.29 is 19.4 Å². The van der Waals surface area contributed by atoms with Gasteiger partial charge in [-0.1, -0.05) is 0 Å². The number of benzene rings is 1. The SMILES string of the molecule is COc1cc(C=O)cc(C=CC(N)=O)c1O. The predicted molar refractivity (Wildman–Crippen MR) is 58.3 cm³/mol. The van der Waals surface area contributed by atoms with Gasteiger partial charge in [0.2, 0.25) is 5.91 Å². The Morgan fingerprint density at radius 2 is 2.19 bits per heavy atom. The number of aldehydes is 1. The van der Waals surface area contributed by atoms with Gasteiger partial charge in [-0.05, 0) is 18.2 Å². The number of ether oxygens (including phenoxy) is 1. The van der Waals surface area contributed by atoms with Crippen LogP contribution in [0.3, 0.4) is 0 Å². The molecular weight excluding hydrogens is 210 g/mol. The van der Waals surface area contributed by atoms with Crippen molar-refractivity contribution >= 4 is 18.3 Å². The molecule has 0 aliphatic carbocycles. The average Bonchev–Trinajstić information content (AvgIpc) is 2.27. The molecule has 1 aromatic rings. The van der Waals surface area contributed by atoms with Crippen LogP contribution in [0.4, 0.5) is 0 Å². The second-order valence-electron chi connectivity index (χ2n) is 3.01. The third kappa shape index (κ3) is 2.60. The van der Waals surface area contributed by atoms with E-state index in [0.717, 1.165) is 6.08 Å². The van der Waals surface area contributed by atoms with E-state index < -0.39 is 5.91 Å². The largest absolute Gasteiger partial charge is 0.504 e. The van der Waals surface area contributed by atoms with Crippen LogP contribution in [0.2, 0.25) is 0 Å². The molecule has 0 aromatic heterocycles. The number of carbonyl (C=O) groups excluding carboxylic acids is 2. The van der Waals surface area contributed by atoms with Gasteiger partial charge in [-0.15, -0.1) is 0 Å². The highest BCUT2D eigenvalue weighted by molar-refractivity contribution is 5.91. The molecule has 0 fully saturated rings. The summed E-state index contributed by atoms with van der Waals surface area (Å²) in [6, 6.07) is 2.81. The fraction of sp³-hybridized carbons (Fsp3) is 0.0909. The fourth-order valence-electron chi connectivity index (χ4n) is 1.17. The van der Waals surface area contributed by atoms with E-state index in [1.807, 2.05) is 0 Å². The number of aromatic hydroxyl groups is 1. The Balaban J connectivity index is 3.26. The van der Waals surface area contributed by atoms with Crippen LogP contribution in [0.15, 0.2) is 18.2 Å². The van der Waals surface area contributed by atoms with E-state index in [1.54, 1.807) is 0 Å². The highest BCUT2D eigenvalue weighted by atomic mass is 16.5. The first-order valence-corrected chi connectivity index (χ1v) is 4.42. The maximum absolute atomic E-state index is 10.6. The van der Waals surface area contributed by atoms with Crippen LogP contribution in [0, 0.1) is 0 Å². The van der Waals surface area contributed by atoms with E-state index in [9.17, 15) is 14.7 Å². The van der Waals surface area contributed by atoms with Gasteiger partial charge in [-0.3, -0.25) is 9.59 Å². The van der Waals surface area contributed by atoms with Gasteiger partial charge in [0, 0.05) is 17.2 Å². The first-order chi connectivity index (χ1) is 7.58. The smallest absolute Gasteiger partial charge is 0.241 e. The number of nitrogens with two attached hydrogens (primary N) is 1. The summed E-state index contributed by atoms with van der Waals surface area (Å²) in [4.78, 5) is 21.2. The van der Waals surface area contributed by atoms with Crippen molar-refractivity contribution in [2.75, 3.05) is 7.11 Å². The second-order valence-corrected chi connectivity index (χ2v) is 3.01. The summed E-state index contributed by atoms with van der Waals surface area (Å²) >= 11 is 0. The summed E-state index contributed by atoms with van der Waals surface area (Å²) in [6.07, 6.45) is 3.01. The Bertz CT molecular complexity index is 452. The summed E-state index contributed by atoms with van der Waals surface area (Å²) in [6.45, 7) is 0. The highest BCUT2D eigenvalue weighted by Gasteiger charge is 2.08. The van der Waals surface area contributed by atoms with Crippen molar-refractivity contribution in [3.8, 4) is 11.5 Å². The van der Waals surface area contributed by atoms with Crippen molar-refractivity contribution in [3.05, 3.63) is 29.3 Å². The Hall–Kier alpha value is -2.30. The molecule has 0 atom stereocenters.